The van der Waals surface area contributed by atoms with Gasteiger partial charge >= 0.3 is 0 Å². The van der Waals surface area contributed by atoms with Crippen LogP contribution >= 0.6 is 22.9 Å². The van der Waals surface area contributed by atoms with Gasteiger partial charge in [0.2, 0.25) is 11.8 Å². The number of carbonyl (C=O) groups excluding carboxylic acids is 2. The molecule has 0 bridgehead atoms. The largest absolute Gasteiger partial charge is 0.345 e. The third kappa shape index (κ3) is 3.29. The fourth-order valence-electron chi connectivity index (χ4n) is 3.52. The van der Waals surface area contributed by atoms with Gasteiger partial charge in [0.25, 0.3) is 0 Å². The van der Waals surface area contributed by atoms with Crippen LogP contribution in [0.15, 0.2) is 35.8 Å². The van der Waals surface area contributed by atoms with E-state index in [9.17, 15) is 9.59 Å². The highest BCUT2D eigenvalue weighted by atomic mass is 35.5. The van der Waals surface area contributed by atoms with Crippen molar-refractivity contribution >= 4 is 45.6 Å². The molecule has 0 unspecified atom stereocenters. The summed E-state index contributed by atoms with van der Waals surface area (Å²) >= 11 is 7.82. The highest BCUT2D eigenvalue weighted by molar-refractivity contribution is 7.13. The number of rotatable bonds is 3. The molecule has 0 aliphatic carbocycles. The maximum Gasteiger partial charge on any atom is 0.228 e. The smallest absolute Gasteiger partial charge is 0.228 e. The first-order chi connectivity index (χ1) is 12.6. The van der Waals surface area contributed by atoms with Crippen molar-refractivity contribution in [2.45, 2.75) is 6.42 Å². The van der Waals surface area contributed by atoms with Gasteiger partial charge in [-0.25, -0.2) is 4.98 Å². The molecule has 1 atom stereocenters. The summed E-state index contributed by atoms with van der Waals surface area (Å²) in [4.78, 5) is 35.3. The number of halogens is 1. The van der Waals surface area contributed by atoms with E-state index in [2.05, 4.69) is 9.88 Å². The molecule has 2 fully saturated rings. The summed E-state index contributed by atoms with van der Waals surface area (Å²) in [6.45, 7) is 3.26. The third-order valence-corrected chi connectivity index (χ3v) is 6.05. The highest BCUT2D eigenvalue weighted by Gasteiger charge is 2.38. The Bertz CT molecular complexity index is 805. The molecule has 0 N–H and O–H groups in total. The van der Waals surface area contributed by atoms with Crippen molar-refractivity contribution < 1.29 is 9.59 Å². The number of thiazole rings is 1. The average molecular weight is 391 g/mol. The van der Waals surface area contributed by atoms with Crippen molar-refractivity contribution in [3.63, 3.8) is 0 Å². The molecule has 2 aliphatic rings. The van der Waals surface area contributed by atoms with Crippen LogP contribution < -0.4 is 9.80 Å². The molecule has 6 nitrogen and oxygen atoms in total. The number of nitrogens with zero attached hydrogens (tertiary/aromatic N) is 4. The van der Waals surface area contributed by atoms with E-state index < -0.39 is 0 Å². The lowest BCUT2D eigenvalue weighted by Crippen LogP contribution is -2.50. The van der Waals surface area contributed by atoms with Crippen LogP contribution in [0.2, 0.25) is 5.02 Å². The van der Waals surface area contributed by atoms with Gasteiger partial charge in [-0.05, 0) is 12.1 Å². The minimum absolute atomic E-state index is 0.0436. The second kappa shape index (κ2) is 7.25. The molecule has 136 valence electrons. The van der Waals surface area contributed by atoms with Crippen molar-refractivity contribution in [2.24, 2.45) is 5.92 Å². The maximum absolute atomic E-state index is 12.9. The fourth-order valence-corrected chi connectivity index (χ4v) is 4.46. The Morgan fingerprint density at radius 3 is 2.65 bits per heavy atom. The molecule has 1 aromatic carbocycles. The van der Waals surface area contributed by atoms with Gasteiger partial charge in [0.15, 0.2) is 5.13 Å². The maximum atomic E-state index is 12.9. The zero-order chi connectivity index (χ0) is 18.1. The summed E-state index contributed by atoms with van der Waals surface area (Å²) < 4.78 is 0. The topological polar surface area (TPSA) is 56.8 Å². The minimum Gasteiger partial charge on any atom is -0.345 e. The second-order valence-electron chi connectivity index (χ2n) is 6.48. The number of aromatic nitrogens is 1. The minimum atomic E-state index is -0.301. The van der Waals surface area contributed by atoms with Crippen LogP contribution in [0, 0.1) is 5.92 Å². The molecule has 8 heteroatoms. The SMILES string of the molecule is O=C([C@@H]1CC(=O)N(c2ccccc2Cl)C1)N1CCN(c2nccs2)CC1. The summed E-state index contributed by atoms with van der Waals surface area (Å²) in [7, 11) is 0. The highest BCUT2D eigenvalue weighted by Crippen LogP contribution is 2.32. The first-order valence-corrected chi connectivity index (χ1v) is 9.87. The number of anilines is 2. The van der Waals surface area contributed by atoms with Crippen LogP contribution in [0.1, 0.15) is 6.42 Å². The first kappa shape index (κ1) is 17.3. The van der Waals surface area contributed by atoms with E-state index in [0.717, 1.165) is 18.2 Å². The molecule has 3 heterocycles. The lowest BCUT2D eigenvalue weighted by atomic mass is 10.1. The van der Waals surface area contributed by atoms with Gasteiger partial charge in [-0.2, -0.15) is 0 Å². The molecule has 1 aromatic heterocycles. The molecule has 2 aromatic rings. The quantitative estimate of drug-likeness (QED) is 0.808. The van der Waals surface area contributed by atoms with Crippen molar-refractivity contribution in [3.8, 4) is 0 Å². The Morgan fingerprint density at radius 1 is 1.19 bits per heavy atom. The first-order valence-electron chi connectivity index (χ1n) is 8.61. The number of amides is 2. The Kier molecular flexibility index (Phi) is 4.82. The van der Waals surface area contributed by atoms with Crippen molar-refractivity contribution in [3.05, 3.63) is 40.9 Å². The molecule has 2 saturated heterocycles. The number of piperazine rings is 1. The Hall–Kier alpha value is -2.12. The van der Waals surface area contributed by atoms with Gasteiger partial charge in [-0.1, -0.05) is 23.7 Å². The number of hydrogen-bond acceptors (Lipinski definition) is 5. The number of carbonyl (C=O) groups is 2. The molecule has 2 aliphatic heterocycles. The van der Waals surface area contributed by atoms with Gasteiger partial charge < -0.3 is 14.7 Å². The average Bonchev–Trinajstić information content (AvgIpc) is 3.32. The molecule has 4 rings (SSSR count). The zero-order valence-electron chi connectivity index (χ0n) is 14.2. The van der Waals surface area contributed by atoms with Crippen LogP contribution in [0.5, 0.6) is 0 Å². The zero-order valence-corrected chi connectivity index (χ0v) is 15.7. The van der Waals surface area contributed by atoms with Gasteiger partial charge in [0, 0.05) is 50.7 Å². The van der Waals surface area contributed by atoms with Gasteiger partial charge in [0.1, 0.15) is 0 Å². The Labute approximate surface area is 161 Å². The lowest BCUT2D eigenvalue weighted by Gasteiger charge is -2.35. The number of para-hydroxylation sites is 1. The summed E-state index contributed by atoms with van der Waals surface area (Å²) in [6, 6.07) is 7.26. The molecular formula is C18H19ClN4O2S. The molecule has 2 amide bonds. The molecule has 26 heavy (non-hydrogen) atoms. The summed E-state index contributed by atoms with van der Waals surface area (Å²) in [5.41, 5.74) is 0.683. The second-order valence-corrected chi connectivity index (χ2v) is 7.76. The molecule has 0 saturated carbocycles. The van der Waals surface area contributed by atoms with Gasteiger partial charge in [-0.3, -0.25) is 9.59 Å². The van der Waals surface area contributed by atoms with Crippen LogP contribution in [0.4, 0.5) is 10.8 Å². The monoisotopic (exact) mass is 390 g/mol. The van der Waals surface area contributed by atoms with Crippen molar-refractivity contribution in [1.82, 2.24) is 9.88 Å². The summed E-state index contributed by atoms with van der Waals surface area (Å²) in [5.74, 6) is -0.283. The lowest BCUT2D eigenvalue weighted by molar-refractivity contribution is -0.136. The summed E-state index contributed by atoms with van der Waals surface area (Å²) in [6.07, 6.45) is 2.04. The van der Waals surface area contributed by atoms with E-state index in [0.29, 0.717) is 30.3 Å². The summed E-state index contributed by atoms with van der Waals surface area (Å²) in [5, 5.41) is 3.49. The van der Waals surface area contributed by atoms with Crippen molar-refractivity contribution in [1.29, 1.82) is 0 Å². The number of hydrogen-bond donors (Lipinski definition) is 0. The van der Waals surface area contributed by atoms with Crippen LogP contribution in [0.25, 0.3) is 0 Å². The number of benzene rings is 1. The van der Waals surface area contributed by atoms with E-state index in [1.54, 1.807) is 28.5 Å². The van der Waals surface area contributed by atoms with Crippen LogP contribution in [-0.4, -0.2) is 54.4 Å². The van der Waals surface area contributed by atoms with Crippen molar-refractivity contribution in [2.75, 3.05) is 42.5 Å². The van der Waals surface area contributed by atoms with E-state index in [1.807, 2.05) is 28.5 Å². The molecule has 0 spiro atoms. The Morgan fingerprint density at radius 2 is 1.96 bits per heavy atom. The van der Waals surface area contributed by atoms with E-state index in [-0.39, 0.29) is 24.2 Å². The molecule has 0 radical (unpaired) electrons. The van der Waals surface area contributed by atoms with E-state index in [4.69, 9.17) is 11.6 Å². The van der Waals surface area contributed by atoms with Gasteiger partial charge in [0.05, 0.1) is 16.6 Å². The third-order valence-electron chi connectivity index (χ3n) is 4.90. The normalized spacial score (nSPS) is 20.7. The van der Waals surface area contributed by atoms with Gasteiger partial charge in [-0.15, -0.1) is 11.3 Å². The standard InChI is InChI=1S/C18H19ClN4O2S/c19-14-3-1-2-4-15(14)23-12-13(11-16(23)24)17(25)21-6-8-22(9-7-21)18-20-5-10-26-18/h1-5,10,13H,6-9,11-12H2/t13-/m1/s1. The predicted molar refractivity (Wildman–Crippen MR) is 103 cm³/mol. The fraction of sp³-hybridized carbons (Fsp3) is 0.389. The van der Waals surface area contributed by atoms with Crippen LogP contribution in [-0.2, 0) is 9.59 Å². The Balaban J connectivity index is 1.39. The predicted octanol–water partition coefficient (Wildman–Crippen LogP) is 2.50. The van der Waals surface area contributed by atoms with Crippen LogP contribution in [0.3, 0.4) is 0 Å². The molecular weight excluding hydrogens is 372 g/mol. The van der Waals surface area contributed by atoms with E-state index >= 15 is 0 Å². The van der Waals surface area contributed by atoms with E-state index in [1.165, 1.54) is 0 Å².